The molecule has 0 aliphatic carbocycles. The van der Waals surface area contributed by atoms with E-state index >= 15 is 0 Å². The van der Waals surface area contributed by atoms with Gasteiger partial charge in [-0.2, -0.15) is 5.10 Å². The summed E-state index contributed by atoms with van der Waals surface area (Å²) in [5.41, 5.74) is 3.95. The normalized spacial score (nSPS) is 15.0. The Labute approximate surface area is 247 Å². The van der Waals surface area contributed by atoms with E-state index in [1.54, 1.807) is 17.9 Å². The monoisotopic (exact) mass is 594 g/mol. The molecule has 5 rings (SSSR count). The number of para-hydroxylation sites is 1. The zero-order chi connectivity index (χ0) is 28.1. The van der Waals surface area contributed by atoms with Gasteiger partial charge in [0.25, 0.3) is 0 Å². The second-order valence-corrected chi connectivity index (χ2v) is 11.2. The number of carbonyl (C=O) groups excluding carboxylic acids is 2. The number of aromatic nitrogens is 2. The summed E-state index contributed by atoms with van der Waals surface area (Å²) in [6.45, 7) is 0.817. The van der Waals surface area contributed by atoms with E-state index in [0.29, 0.717) is 46.8 Å². The van der Waals surface area contributed by atoms with Crippen molar-refractivity contribution in [2.45, 2.75) is 11.7 Å². The molecule has 1 atom stereocenters. The molecule has 4 aromatic rings. The summed E-state index contributed by atoms with van der Waals surface area (Å²) < 4.78 is 6.78. The molecular formula is C30H28Cl2N4O3S. The molecule has 1 N–H and O–H groups in total. The van der Waals surface area contributed by atoms with Gasteiger partial charge in [-0.05, 0) is 36.2 Å². The molecule has 2 heterocycles. The molecule has 0 saturated heterocycles. The fourth-order valence-corrected chi connectivity index (χ4v) is 6.30. The Balaban J connectivity index is 1.72. The van der Waals surface area contributed by atoms with Gasteiger partial charge in [0.1, 0.15) is 12.4 Å². The minimum absolute atomic E-state index is 0.161. The molecule has 0 radical (unpaired) electrons. The highest BCUT2D eigenvalue weighted by molar-refractivity contribution is 8.00. The van der Waals surface area contributed by atoms with Crippen molar-refractivity contribution in [1.29, 1.82) is 0 Å². The highest BCUT2D eigenvalue weighted by Gasteiger charge is 2.38. The fraction of sp³-hybridized carbons (Fsp3) is 0.233. The van der Waals surface area contributed by atoms with Gasteiger partial charge in [-0.1, -0.05) is 77.8 Å². The molecule has 0 saturated carbocycles. The Morgan fingerprint density at radius 3 is 2.60 bits per heavy atom. The quantitative estimate of drug-likeness (QED) is 0.235. The lowest BCUT2D eigenvalue weighted by atomic mass is 9.99. The van der Waals surface area contributed by atoms with E-state index in [4.69, 9.17) is 33.0 Å². The van der Waals surface area contributed by atoms with Crippen LogP contribution in [0, 0.1) is 0 Å². The van der Waals surface area contributed by atoms with Gasteiger partial charge in [-0.15, -0.1) is 11.8 Å². The fourth-order valence-electron chi connectivity index (χ4n) is 4.70. The minimum Gasteiger partial charge on any atom is -0.385 e. The van der Waals surface area contributed by atoms with E-state index in [-0.39, 0.29) is 29.4 Å². The first-order chi connectivity index (χ1) is 19.5. The molecule has 1 aliphatic rings. The van der Waals surface area contributed by atoms with Crippen molar-refractivity contribution < 1.29 is 14.3 Å². The van der Waals surface area contributed by atoms with E-state index in [2.05, 4.69) is 5.32 Å². The minimum atomic E-state index is -0.279. The van der Waals surface area contributed by atoms with Crippen molar-refractivity contribution in [2.75, 3.05) is 37.5 Å². The molecule has 10 heteroatoms. The Morgan fingerprint density at radius 2 is 1.85 bits per heavy atom. The maximum Gasteiger partial charge on any atom is 0.240 e. The lowest BCUT2D eigenvalue weighted by Crippen LogP contribution is -2.42. The molecule has 1 aliphatic heterocycles. The second-order valence-electron chi connectivity index (χ2n) is 9.24. The van der Waals surface area contributed by atoms with Crippen LogP contribution in [0.5, 0.6) is 0 Å². The highest BCUT2D eigenvalue weighted by atomic mass is 35.5. The number of nitrogens with zero attached hydrogens (tertiary/aromatic N) is 3. The van der Waals surface area contributed by atoms with Crippen molar-refractivity contribution in [3.63, 3.8) is 0 Å². The molecule has 2 amide bonds. The van der Waals surface area contributed by atoms with Crippen molar-refractivity contribution in [2.24, 2.45) is 0 Å². The third-order valence-corrected chi connectivity index (χ3v) is 8.33. The topological polar surface area (TPSA) is 76.5 Å². The van der Waals surface area contributed by atoms with E-state index < -0.39 is 0 Å². The summed E-state index contributed by atoms with van der Waals surface area (Å²) in [6.07, 6.45) is 0.670. The van der Waals surface area contributed by atoms with Crippen LogP contribution >= 0.6 is 35.0 Å². The summed E-state index contributed by atoms with van der Waals surface area (Å²) >= 11 is 14.6. The van der Waals surface area contributed by atoms with Gasteiger partial charge >= 0.3 is 0 Å². The predicted octanol–water partition coefficient (Wildman–Crippen LogP) is 6.17. The molecule has 0 fully saturated rings. The molecule has 40 heavy (non-hydrogen) atoms. The Bertz CT molecular complexity index is 1510. The van der Waals surface area contributed by atoms with Crippen LogP contribution in [0.1, 0.15) is 22.8 Å². The number of nitrogens with one attached hydrogen (secondary N) is 1. The molecule has 1 unspecified atom stereocenters. The number of halogens is 2. The second kappa shape index (κ2) is 12.9. The predicted molar refractivity (Wildman–Crippen MR) is 162 cm³/mol. The van der Waals surface area contributed by atoms with E-state index in [1.807, 2.05) is 72.8 Å². The zero-order valence-corrected chi connectivity index (χ0v) is 24.2. The number of fused-ring (bicyclic) bond motifs is 1. The Morgan fingerprint density at radius 1 is 1.07 bits per heavy atom. The summed E-state index contributed by atoms with van der Waals surface area (Å²) in [4.78, 5) is 28.4. The Kier molecular flexibility index (Phi) is 9.11. The van der Waals surface area contributed by atoms with Crippen LogP contribution in [0.2, 0.25) is 10.0 Å². The number of methoxy groups -OCH3 is 1. The van der Waals surface area contributed by atoms with Crippen LogP contribution in [0.4, 0.5) is 5.82 Å². The molecule has 0 bridgehead atoms. The number of rotatable bonds is 9. The smallest absolute Gasteiger partial charge is 0.240 e. The van der Waals surface area contributed by atoms with Crippen molar-refractivity contribution in [3.05, 3.63) is 100 Å². The standard InChI is InChI=1S/C30H28Cl2N4O3S/c1-39-16-8-15-33-25(37)18-35-26(38)19-40-29(21-11-7-12-22(31)17-21)27-28(20-9-3-2-4-10-20)34-36(30(27)35)24-14-6-5-13-23(24)32/h2-7,9-14,17,29H,8,15-16,18-19H2,1H3,(H,33,37). The zero-order valence-electron chi connectivity index (χ0n) is 21.8. The van der Waals surface area contributed by atoms with Gasteiger partial charge in [0.2, 0.25) is 11.8 Å². The number of benzene rings is 3. The van der Waals surface area contributed by atoms with Crippen molar-refractivity contribution in [3.8, 4) is 16.9 Å². The first-order valence-corrected chi connectivity index (χ1v) is 14.6. The van der Waals surface area contributed by atoms with Crippen LogP contribution in [-0.2, 0) is 14.3 Å². The lowest BCUT2D eigenvalue weighted by molar-refractivity contribution is -0.122. The molecule has 0 spiro atoms. The highest BCUT2D eigenvalue weighted by Crippen LogP contribution is 2.49. The summed E-state index contributed by atoms with van der Waals surface area (Å²) in [5.74, 6) is 0.212. The van der Waals surface area contributed by atoms with E-state index in [1.165, 1.54) is 16.7 Å². The number of carbonyl (C=O) groups is 2. The van der Waals surface area contributed by atoms with Gasteiger partial charge in [0.05, 0.1) is 27.4 Å². The molecular weight excluding hydrogens is 567 g/mol. The Hall–Kier alpha value is -3.30. The maximum atomic E-state index is 13.8. The summed E-state index contributed by atoms with van der Waals surface area (Å²) in [7, 11) is 1.62. The van der Waals surface area contributed by atoms with Gasteiger partial charge in [-0.25, -0.2) is 4.68 Å². The van der Waals surface area contributed by atoms with Gasteiger partial charge < -0.3 is 10.1 Å². The average molecular weight is 596 g/mol. The molecule has 206 valence electrons. The maximum absolute atomic E-state index is 13.8. The SMILES string of the molecule is COCCCNC(=O)CN1C(=O)CSC(c2cccc(Cl)c2)c2c(-c3ccccc3)nn(-c3ccccc3Cl)c21. The number of ether oxygens (including phenoxy) is 1. The molecule has 1 aromatic heterocycles. The van der Waals surface area contributed by atoms with E-state index in [9.17, 15) is 9.59 Å². The summed E-state index contributed by atoms with van der Waals surface area (Å²) in [5, 5.41) is 8.75. The third-order valence-electron chi connectivity index (χ3n) is 6.52. The first kappa shape index (κ1) is 28.2. The number of amides is 2. The van der Waals surface area contributed by atoms with Gasteiger partial charge in [0, 0.05) is 36.4 Å². The lowest BCUT2D eigenvalue weighted by Gasteiger charge is -2.23. The largest absolute Gasteiger partial charge is 0.385 e. The van der Waals surface area contributed by atoms with E-state index in [0.717, 1.165) is 16.7 Å². The van der Waals surface area contributed by atoms with Crippen LogP contribution < -0.4 is 10.2 Å². The van der Waals surface area contributed by atoms with Gasteiger partial charge in [-0.3, -0.25) is 14.5 Å². The van der Waals surface area contributed by atoms with Crippen LogP contribution in [0.25, 0.3) is 16.9 Å². The number of hydrogen-bond donors (Lipinski definition) is 1. The van der Waals surface area contributed by atoms with Crippen molar-refractivity contribution >= 4 is 52.6 Å². The number of hydrogen-bond acceptors (Lipinski definition) is 5. The first-order valence-electron chi connectivity index (χ1n) is 12.8. The van der Waals surface area contributed by atoms with Crippen LogP contribution in [-0.4, -0.2) is 54.2 Å². The van der Waals surface area contributed by atoms with Crippen LogP contribution in [0.15, 0.2) is 78.9 Å². The molecule has 7 nitrogen and oxygen atoms in total. The van der Waals surface area contributed by atoms with Crippen molar-refractivity contribution in [1.82, 2.24) is 15.1 Å². The van der Waals surface area contributed by atoms with Crippen LogP contribution in [0.3, 0.4) is 0 Å². The number of anilines is 1. The third kappa shape index (κ3) is 6.05. The number of thioether (sulfide) groups is 1. The summed E-state index contributed by atoms with van der Waals surface area (Å²) in [6, 6.07) is 24.8. The van der Waals surface area contributed by atoms with Gasteiger partial charge in [0.15, 0.2) is 0 Å². The average Bonchev–Trinajstić information content (AvgIpc) is 3.28. The molecule has 3 aromatic carbocycles.